The first-order valence-corrected chi connectivity index (χ1v) is 6.35. The van der Waals surface area contributed by atoms with E-state index in [1.165, 1.54) is 12.5 Å². The van der Waals surface area contributed by atoms with E-state index < -0.39 is 0 Å². The van der Waals surface area contributed by atoms with Crippen LogP contribution in [-0.4, -0.2) is 10.2 Å². The molecule has 1 aromatic rings. The molecule has 0 saturated carbocycles. The lowest BCUT2D eigenvalue weighted by molar-refractivity contribution is 0.391. The fourth-order valence-electron chi connectivity index (χ4n) is 2.15. The van der Waals surface area contributed by atoms with Gasteiger partial charge in [0.05, 0.1) is 0 Å². The highest BCUT2D eigenvalue weighted by atomic mass is 16.3. The molecule has 2 nitrogen and oxygen atoms in total. The molecule has 0 saturated heterocycles. The van der Waals surface area contributed by atoms with Gasteiger partial charge in [-0.15, -0.1) is 0 Å². The molecule has 0 heterocycles. The van der Waals surface area contributed by atoms with Crippen LogP contribution in [0, 0.1) is 5.92 Å². The van der Waals surface area contributed by atoms with E-state index >= 15 is 0 Å². The average Bonchev–Trinajstić information content (AvgIpc) is 2.20. The third kappa shape index (κ3) is 3.95. The van der Waals surface area contributed by atoms with Gasteiger partial charge in [0, 0.05) is 5.56 Å². The summed E-state index contributed by atoms with van der Waals surface area (Å²) in [6, 6.07) is 4.75. The molecule has 1 rings (SSSR count). The lowest BCUT2D eigenvalue weighted by Crippen LogP contribution is -2.17. The third-order valence-electron chi connectivity index (χ3n) is 3.29. The van der Waals surface area contributed by atoms with E-state index in [1.54, 1.807) is 12.1 Å². The molecule has 2 N–H and O–H groups in total. The highest BCUT2D eigenvalue weighted by molar-refractivity contribution is 5.42. The van der Waals surface area contributed by atoms with Crippen molar-refractivity contribution in [2.45, 2.75) is 52.4 Å². The molecule has 17 heavy (non-hydrogen) atoms. The topological polar surface area (TPSA) is 40.5 Å². The summed E-state index contributed by atoms with van der Waals surface area (Å²) in [7, 11) is 0. The number of phenolic OH excluding ortho intramolecular Hbond substituents is 2. The first-order valence-electron chi connectivity index (χ1n) is 6.35. The maximum atomic E-state index is 9.87. The Kier molecular flexibility index (Phi) is 4.44. The van der Waals surface area contributed by atoms with E-state index in [0.717, 1.165) is 18.4 Å². The van der Waals surface area contributed by atoms with Gasteiger partial charge in [0.15, 0.2) is 0 Å². The number of rotatable bonds is 5. The van der Waals surface area contributed by atoms with Crippen molar-refractivity contribution in [3.8, 4) is 11.5 Å². The second-order valence-corrected chi connectivity index (χ2v) is 5.87. The lowest BCUT2D eigenvalue weighted by Gasteiger charge is -2.26. The highest BCUT2D eigenvalue weighted by Gasteiger charge is 2.23. The minimum atomic E-state index is -0.0995. The first kappa shape index (κ1) is 13.9. The first-order chi connectivity index (χ1) is 7.83. The summed E-state index contributed by atoms with van der Waals surface area (Å²) in [5, 5.41) is 19.4. The summed E-state index contributed by atoms with van der Waals surface area (Å²) in [6.07, 6.45) is 3.35. The fourth-order valence-corrected chi connectivity index (χ4v) is 2.15. The van der Waals surface area contributed by atoms with E-state index in [4.69, 9.17) is 0 Å². The number of phenols is 2. The zero-order valence-electron chi connectivity index (χ0n) is 11.3. The second kappa shape index (κ2) is 5.44. The summed E-state index contributed by atoms with van der Waals surface area (Å²) in [6.45, 7) is 8.67. The molecular formula is C15H24O2. The molecule has 0 unspecified atom stereocenters. The molecule has 0 aliphatic carbocycles. The van der Waals surface area contributed by atoms with Gasteiger partial charge >= 0.3 is 0 Å². The molecule has 96 valence electrons. The Morgan fingerprint density at radius 1 is 1.18 bits per heavy atom. The van der Waals surface area contributed by atoms with E-state index in [2.05, 4.69) is 27.7 Å². The van der Waals surface area contributed by atoms with Crippen LogP contribution in [0.2, 0.25) is 0 Å². The van der Waals surface area contributed by atoms with Gasteiger partial charge in [0.1, 0.15) is 11.5 Å². The molecular weight excluding hydrogens is 212 g/mol. The minimum Gasteiger partial charge on any atom is -0.508 e. The van der Waals surface area contributed by atoms with Crippen LogP contribution in [0.5, 0.6) is 11.5 Å². The fraction of sp³-hybridized carbons (Fsp3) is 0.600. The van der Waals surface area contributed by atoms with Crippen LogP contribution < -0.4 is 0 Å². The Bertz CT molecular complexity index is 367. The summed E-state index contributed by atoms with van der Waals surface area (Å²) in [5.74, 6) is 1.20. The number of hydrogen-bond donors (Lipinski definition) is 2. The molecule has 1 aromatic carbocycles. The van der Waals surface area contributed by atoms with Crippen molar-refractivity contribution in [2.75, 3.05) is 0 Å². The normalized spacial score (nSPS) is 12.1. The molecule has 0 radical (unpaired) electrons. The zero-order chi connectivity index (χ0) is 13.1. The third-order valence-corrected chi connectivity index (χ3v) is 3.29. The minimum absolute atomic E-state index is 0.0995. The Balaban J connectivity index is 2.77. The van der Waals surface area contributed by atoms with Gasteiger partial charge in [0.2, 0.25) is 0 Å². The Morgan fingerprint density at radius 3 is 2.41 bits per heavy atom. The second-order valence-electron chi connectivity index (χ2n) is 5.87. The van der Waals surface area contributed by atoms with Crippen molar-refractivity contribution in [1.29, 1.82) is 0 Å². The van der Waals surface area contributed by atoms with Crippen LogP contribution in [-0.2, 0) is 5.41 Å². The maximum Gasteiger partial charge on any atom is 0.119 e. The van der Waals surface area contributed by atoms with Crippen LogP contribution in [0.3, 0.4) is 0 Å². The van der Waals surface area contributed by atoms with Gasteiger partial charge in [0.25, 0.3) is 0 Å². The van der Waals surface area contributed by atoms with Gasteiger partial charge in [-0.1, -0.05) is 40.5 Å². The van der Waals surface area contributed by atoms with Gasteiger partial charge in [-0.2, -0.15) is 0 Å². The van der Waals surface area contributed by atoms with Crippen molar-refractivity contribution in [1.82, 2.24) is 0 Å². The Morgan fingerprint density at radius 2 is 1.82 bits per heavy atom. The largest absolute Gasteiger partial charge is 0.508 e. The monoisotopic (exact) mass is 236 g/mol. The van der Waals surface area contributed by atoms with Crippen molar-refractivity contribution >= 4 is 0 Å². The molecule has 0 fully saturated rings. The summed E-state index contributed by atoms with van der Waals surface area (Å²) < 4.78 is 0. The quantitative estimate of drug-likeness (QED) is 0.752. The molecule has 0 aromatic heterocycles. The van der Waals surface area contributed by atoms with Gasteiger partial charge < -0.3 is 10.2 Å². The van der Waals surface area contributed by atoms with Crippen LogP contribution >= 0.6 is 0 Å². The molecule has 0 aliphatic heterocycles. The summed E-state index contributed by atoms with van der Waals surface area (Å²) in [4.78, 5) is 0. The molecule has 0 atom stereocenters. The maximum absolute atomic E-state index is 9.87. The van der Waals surface area contributed by atoms with Crippen molar-refractivity contribution in [3.05, 3.63) is 23.8 Å². The van der Waals surface area contributed by atoms with Gasteiger partial charge in [-0.25, -0.2) is 0 Å². The molecule has 0 amide bonds. The molecule has 0 spiro atoms. The summed E-state index contributed by atoms with van der Waals surface area (Å²) in [5.41, 5.74) is 0.735. The smallest absolute Gasteiger partial charge is 0.119 e. The molecule has 0 aliphatic rings. The summed E-state index contributed by atoms with van der Waals surface area (Å²) >= 11 is 0. The number of hydrogen-bond acceptors (Lipinski definition) is 2. The average molecular weight is 236 g/mol. The SMILES string of the molecule is CC(C)CCCC(C)(C)c1cc(O)ccc1O. The van der Waals surface area contributed by atoms with Crippen molar-refractivity contribution in [2.24, 2.45) is 5.92 Å². The van der Waals surface area contributed by atoms with Crippen LogP contribution in [0.4, 0.5) is 0 Å². The van der Waals surface area contributed by atoms with Crippen molar-refractivity contribution in [3.63, 3.8) is 0 Å². The lowest BCUT2D eigenvalue weighted by atomic mass is 9.79. The van der Waals surface area contributed by atoms with Crippen LogP contribution in [0.15, 0.2) is 18.2 Å². The van der Waals surface area contributed by atoms with Gasteiger partial charge in [-0.05, 0) is 36.0 Å². The van der Waals surface area contributed by atoms with E-state index in [9.17, 15) is 10.2 Å². The molecule has 2 heteroatoms. The van der Waals surface area contributed by atoms with Gasteiger partial charge in [-0.3, -0.25) is 0 Å². The van der Waals surface area contributed by atoms with Crippen LogP contribution in [0.25, 0.3) is 0 Å². The number of aromatic hydroxyl groups is 2. The highest BCUT2D eigenvalue weighted by Crippen LogP contribution is 2.37. The number of benzene rings is 1. The standard InChI is InChI=1S/C15H24O2/c1-11(2)6-5-9-15(3,4)13-10-12(16)7-8-14(13)17/h7-8,10-11,16-17H,5-6,9H2,1-4H3. The predicted octanol–water partition coefficient (Wildman–Crippen LogP) is 4.20. The Labute approximate surface area is 104 Å². The van der Waals surface area contributed by atoms with E-state index in [0.29, 0.717) is 5.92 Å². The van der Waals surface area contributed by atoms with Crippen molar-refractivity contribution < 1.29 is 10.2 Å². The van der Waals surface area contributed by atoms with Crippen LogP contribution in [0.1, 0.15) is 52.5 Å². The predicted molar refractivity (Wildman–Crippen MR) is 71.5 cm³/mol. The Hall–Kier alpha value is -1.18. The van der Waals surface area contributed by atoms with E-state index in [1.807, 2.05) is 0 Å². The molecule has 0 bridgehead atoms. The van der Waals surface area contributed by atoms with E-state index in [-0.39, 0.29) is 16.9 Å². The zero-order valence-corrected chi connectivity index (χ0v) is 11.3.